The highest BCUT2D eigenvalue weighted by Crippen LogP contribution is 2.24. The normalized spacial score (nSPS) is 13.2. The van der Waals surface area contributed by atoms with Crippen LogP contribution in [-0.2, 0) is 0 Å². The van der Waals surface area contributed by atoms with Crippen LogP contribution in [0.3, 0.4) is 0 Å². The van der Waals surface area contributed by atoms with Crippen molar-refractivity contribution in [2.24, 2.45) is 0 Å². The average Bonchev–Trinajstić information content (AvgIpc) is 3.53. The molecule has 11 heteroatoms. The summed E-state index contributed by atoms with van der Waals surface area (Å²) < 4.78 is 5.43. The number of halogens is 1. The van der Waals surface area contributed by atoms with Crippen molar-refractivity contribution < 1.29 is 4.79 Å². The molecule has 2 amide bonds. The summed E-state index contributed by atoms with van der Waals surface area (Å²) in [6, 6.07) is 11.7. The van der Waals surface area contributed by atoms with Crippen LogP contribution in [0.1, 0.15) is 19.3 Å². The second-order valence-electron chi connectivity index (χ2n) is 7.43. The third-order valence-corrected chi connectivity index (χ3v) is 7.39. The molecule has 0 unspecified atom stereocenters. The van der Waals surface area contributed by atoms with Crippen LogP contribution in [0.15, 0.2) is 56.7 Å². The van der Waals surface area contributed by atoms with E-state index in [1.807, 2.05) is 29.2 Å². The van der Waals surface area contributed by atoms with E-state index in [1.165, 1.54) is 4.21 Å². The monoisotopic (exact) mass is 547 g/mol. The second-order valence-corrected chi connectivity index (χ2v) is 10.4. The summed E-state index contributed by atoms with van der Waals surface area (Å²) in [5.74, 6) is 1.21. The molecule has 0 saturated carbocycles. The lowest BCUT2D eigenvalue weighted by Gasteiger charge is -2.16. The Morgan fingerprint density at radius 2 is 2.00 bits per heavy atom. The molecule has 1 fully saturated rings. The van der Waals surface area contributed by atoms with Gasteiger partial charge in [0.2, 0.25) is 5.95 Å². The van der Waals surface area contributed by atoms with E-state index in [0.717, 1.165) is 67.1 Å². The van der Waals surface area contributed by atoms with Crippen LogP contribution in [0.25, 0.3) is 0 Å². The van der Waals surface area contributed by atoms with Crippen LogP contribution in [0.5, 0.6) is 0 Å². The quantitative estimate of drug-likeness (QED) is 0.189. The van der Waals surface area contributed by atoms with Crippen molar-refractivity contribution in [3.63, 3.8) is 0 Å². The van der Waals surface area contributed by atoms with E-state index < -0.39 is 0 Å². The van der Waals surface area contributed by atoms with Crippen LogP contribution in [0, 0.1) is 0 Å². The molecule has 8 nitrogen and oxygen atoms in total. The molecule has 0 radical (unpaired) electrons. The van der Waals surface area contributed by atoms with Crippen molar-refractivity contribution in [3.8, 4) is 0 Å². The summed E-state index contributed by atoms with van der Waals surface area (Å²) >= 11 is 6.90. The molecule has 4 N–H and O–H groups in total. The Kier molecular flexibility index (Phi) is 8.81. The lowest BCUT2D eigenvalue weighted by molar-refractivity contribution is 0.222. The first-order chi connectivity index (χ1) is 16.2. The van der Waals surface area contributed by atoms with Crippen molar-refractivity contribution >= 4 is 68.4 Å². The first-order valence-electron chi connectivity index (χ1n) is 10.8. The maximum Gasteiger partial charge on any atom is 0.321 e. The van der Waals surface area contributed by atoms with Crippen molar-refractivity contribution in [2.75, 3.05) is 42.1 Å². The van der Waals surface area contributed by atoms with Gasteiger partial charge in [-0.05, 0) is 76.8 Å². The standard InChI is InChI=1S/C22H26BrN7OS2/c23-18-15-25-21(29-20(18)24-9-5-10-26-33-19-8-4-13-32-19)27-16-6-3-7-17(14-16)28-22(31)30-11-1-2-12-30/h3-4,6-8,13-15,26H,1-2,5,9-12H2,(H,28,31)(H2,24,25,27,29). The third-order valence-electron chi connectivity index (χ3n) is 4.92. The van der Waals surface area contributed by atoms with Crippen LogP contribution in [0.2, 0.25) is 0 Å². The zero-order valence-electron chi connectivity index (χ0n) is 18.0. The van der Waals surface area contributed by atoms with Gasteiger partial charge >= 0.3 is 6.03 Å². The van der Waals surface area contributed by atoms with E-state index in [1.54, 1.807) is 29.5 Å². The van der Waals surface area contributed by atoms with Gasteiger partial charge in [-0.1, -0.05) is 12.1 Å². The van der Waals surface area contributed by atoms with Crippen molar-refractivity contribution in [2.45, 2.75) is 23.5 Å². The Labute approximate surface area is 210 Å². The number of benzene rings is 1. The molecule has 2 aromatic heterocycles. The predicted octanol–water partition coefficient (Wildman–Crippen LogP) is 5.77. The Bertz CT molecular complexity index is 1040. The van der Waals surface area contributed by atoms with Gasteiger partial charge in [-0.2, -0.15) is 4.98 Å². The van der Waals surface area contributed by atoms with Gasteiger partial charge in [-0.25, -0.2) is 9.78 Å². The SMILES string of the molecule is O=C(Nc1cccc(Nc2ncc(Br)c(NCCCNSc3cccs3)n2)c1)N1CCCC1. The molecule has 1 saturated heterocycles. The first kappa shape index (κ1) is 23.8. The minimum Gasteiger partial charge on any atom is -0.369 e. The van der Waals surface area contributed by atoms with E-state index in [4.69, 9.17) is 0 Å². The average molecular weight is 549 g/mol. The lowest BCUT2D eigenvalue weighted by atomic mass is 10.3. The van der Waals surface area contributed by atoms with Crippen molar-refractivity contribution in [1.82, 2.24) is 19.6 Å². The number of amides is 2. The highest BCUT2D eigenvalue weighted by molar-refractivity contribution is 9.10. The number of hydrogen-bond acceptors (Lipinski definition) is 8. The van der Waals surface area contributed by atoms with Gasteiger partial charge in [0.15, 0.2) is 0 Å². The first-order valence-corrected chi connectivity index (χ1v) is 13.3. The number of nitrogens with zero attached hydrogens (tertiary/aromatic N) is 3. The highest BCUT2D eigenvalue weighted by atomic mass is 79.9. The number of thiophene rings is 1. The van der Waals surface area contributed by atoms with Crippen molar-refractivity contribution in [3.05, 3.63) is 52.4 Å². The Morgan fingerprint density at radius 1 is 1.15 bits per heavy atom. The fourth-order valence-electron chi connectivity index (χ4n) is 3.29. The molecule has 174 valence electrons. The Balaban J connectivity index is 1.27. The largest absolute Gasteiger partial charge is 0.369 e. The van der Waals surface area contributed by atoms with Gasteiger partial charge in [-0.15, -0.1) is 11.3 Å². The number of rotatable bonds is 10. The molecule has 0 aliphatic carbocycles. The molecule has 0 bridgehead atoms. The zero-order valence-corrected chi connectivity index (χ0v) is 21.2. The van der Waals surface area contributed by atoms with Crippen LogP contribution < -0.4 is 20.7 Å². The van der Waals surface area contributed by atoms with Gasteiger partial charge in [0.1, 0.15) is 5.82 Å². The molecule has 1 aliphatic heterocycles. The molecule has 1 aromatic carbocycles. The fraction of sp³-hybridized carbons (Fsp3) is 0.318. The van der Waals surface area contributed by atoms with Crippen LogP contribution in [0.4, 0.5) is 27.9 Å². The maximum absolute atomic E-state index is 12.3. The summed E-state index contributed by atoms with van der Waals surface area (Å²) in [6.07, 6.45) is 4.81. The third kappa shape index (κ3) is 7.32. The molecule has 4 rings (SSSR count). The topological polar surface area (TPSA) is 94.2 Å². The van der Waals surface area contributed by atoms with Crippen LogP contribution >= 0.6 is 39.2 Å². The van der Waals surface area contributed by atoms with Gasteiger partial charge in [-0.3, -0.25) is 4.72 Å². The second kappa shape index (κ2) is 12.2. The molecule has 3 heterocycles. The Morgan fingerprint density at radius 3 is 2.82 bits per heavy atom. The van der Waals surface area contributed by atoms with Gasteiger partial charge < -0.3 is 20.9 Å². The molecular weight excluding hydrogens is 522 g/mol. The maximum atomic E-state index is 12.3. The van der Waals surface area contributed by atoms with E-state index in [9.17, 15) is 4.79 Å². The fourth-order valence-corrected chi connectivity index (χ4v) is 5.14. The minimum atomic E-state index is -0.0562. The lowest BCUT2D eigenvalue weighted by Crippen LogP contribution is -2.32. The molecule has 0 spiro atoms. The Hall–Kier alpha value is -2.34. The van der Waals surface area contributed by atoms with Gasteiger partial charge in [0, 0.05) is 43.8 Å². The molecule has 33 heavy (non-hydrogen) atoms. The van der Waals surface area contributed by atoms with E-state index in [-0.39, 0.29) is 6.03 Å². The van der Waals surface area contributed by atoms with E-state index in [2.05, 4.69) is 64.1 Å². The van der Waals surface area contributed by atoms with Crippen LogP contribution in [-0.4, -0.2) is 47.1 Å². The summed E-state index contributed by atoms with van der Waals surface area (Å²) in [5, 5.41) is 11.6. The summed E-state index contributed by atoms with van der Waals surface area (Å²) in [4.78, 5) is 23.1. The number of aromatic nitrogens is 2. The summed E-state index contributed by atoms with van der Waals surface area (Å²) in [7, 11) is 0. The molecule has 3 aromatic rings. The number of hydrogen-bond donors (Lipinski definition) is 4. The van der Waals surface area contributed by atoms with Crippen molar-refractivity contribution in [1.29, 1.82) is 0 Å². The van der Waals surface area contributed by atoms with Gasteiger partial charge in [0.05, 0.1) is 8.68 Å². The van der Waals surface area contributed by atoms with E-state index in [0.29, 0.717) is 5.95 Å². The predicted molar refractivity (Wildman–Crippen MR) is 141 cm³/mol. The molecule has 0 atom stereocenters. The number of anilines is 4. The van der Waals surface area contributed by atoms with E-state index >= 15 is 0 Å². The number of carbonyl (C=O) groups excluding carboxylic acids is 1. The number of likely N-dealkylation sites (tertiary alicyclic amines) is 1. The smallest absolute Gasteiger partial charge is 0.321 e. The summed E-state index contributed by atoms with van der Waals surface area (Å²) in [5.41, 5.74) is 1.54. The zero-order chi connectivity index (χ0) is 22.9. The number of urea groups is 1. The highest BCUT2D eigenvalue weighted by Gasteiger charge is 2.17. The summed E-state index contributed by atoms with van der Waals surface area (Å²) in [6.45, 7) is 3.30. The molecule has 1 aliphatic rings. The molecular formula is C22H26BrN7OS2. The number of carbonyl (C=O) groups is 1. The number of nitrogens with one attached hydrogen (secondary N) is 4. The minimum absolute atomic E-state index is 0.0562. The van der Waals surface area contributed by atoms with Gasteiger partial charge in [0.25, 0.3) is 0 Å².